The lowest BCUT2D eigenvalue weighted by Gasteiger charge is -2.14. The fourth-order valence-corrected chi connectivity index (χ4v) is 2.96. The lowest BCUT2D eigenvalue weighted by Crippen LogP contribution is -2.29. The van der Waals surface area contributed by atoms with Crippen molar-refractivity contribution in [1.29, 1.82) is 0 Å². The average Bonchev–Trinajstić information content (AvgIpc) is 2.63. The number of nitrogens with one attached hydrogen (secondary N) is 1. The number of aryl methyl sites for hydroxylation is 1. The van der Waals surface area contributed by atoms with Gasteiger partial charge in [0.1, 0.15) is 0 Å². The molecule has 2 rings (SSSR count). The van der Waals surface area contributed by atoms with E-state index < -0.39 is 0 Å². The van der Waals surface area contributed by atoms with Gasteiger partial charge in [0.2, 0.25) is 0 Å². The van der Waals surface area contributed by atoms with Gasteiger partial charge in [-0.25, -0.2) is 0 Å². The van der Waals surface area contributed by atoms with Crippen LogP contribution in [0.15, 0.2) is 67.4 Å². The summed E-state index contributed by atoms with van der Waals surface area (Å²) in [4.78, 5) is 0. The number of allylic oxidation sites excluding steroid dienone is 2. The lowest BCUT2D eigenvalue weighted by atomic mass is 10.0. The summed E-state index contributed by atoms with van der Waals surface area (Å²) < 4.78 is 0. The van der Waals surface area contributed by atoms with Gasteiger partial charge in [-0.15, -0.1) is 0 Å². The highest BCUT2D eigenvalue weighted by atomic mass is 35.5. The van der Waals surface area contributed by atoms with Gasteiger partial charge in [0, 0.05) is 17.3 Å². The summed E-state index contributed by atoms with van der Waals surface area (Å²) in [6.07, 6.45) is 6.57. The number of benzene rings is 2. The second-order valence-corrected chi connectivity index (χ2v) is 6.75. The molecule has 0 aliphatic carbocycles. The molecule has 0 heterocycles. The first-order valence-corrected chi connectivity index (χ1v) is 9.11. The topological polar surface area (TPSA) is 38.0 Å². The smallest absolute Gasteiger partial charge is 0.0406 e. The monoisotopic (exact) mass is 354 g/mol. The van der Waals surface area contributed by atoms with Gasteiger partial charge in [0.15, 0.2) is 0 Å². The predicted molar refractivity (Wildman–Crippen MR) is 110 cm³/mol. The van der Waals surface area contributed by atoms with Crippen molar-refractivity contribution in [2.45, 2.75) is 32.2 Å². The molecule has 3 N–H and O–H groups in total. The van der Waals surface area contributed by atoms with Crippen LogP contribution in [0, 0.1) is 0 Å². The molecular formula is C22H27ClN2. The molecule has 3 heteroatoms. The molecule has 0 saturated carbocycles. The first kappa shape index (κ1) is 19.3. The first-order valence-electron chi connectivity index (χ1n) is 8.74. The summed E-state index contributed by atoms with van der Waals surface area (Å²) in [5, 5.41) is 4.39. The average molecular weight is 355 g/mol. The molecule has 1 atom stereocenters. The molecule has 0 aromatic heterocycles. The highest BCUT2D eigenvalue weighted by Gasteiger charge is 2.04. The van der Waals surface area contributed by atoms with Crippen molar-refractivity contribution < 1.29 is 0 Å². The van der Waals surface area contributed by atoms with E-state index in [-0.39, 0.29) is 0 Å². The molecule has 132 valence electrons. The van der Waals surface area contributed by atoms with Gasteiger partial charge in [0.25, 0.3) is 0 Å². The van der Waals surface area contributed by atoms with Crippen LogP contribution >= 0.6 is 11.6 Å². The molecule has 0 spiro atoms. The molecular weight excluding hydrogens is 328 g/mol. The van der Waals surface area contributed by atoms with Crippen molar-refractivity contribution >= 4 is 17.2 Å². The number of nitrogens with two attached hydrogens (primary N) is 1. The molecule has 0 aliphatic rings. The van der Waals surface area contributed by atoms with Crippen molar-refractivity contribution in [2.75, 3.05) is 6.54 Å². The zero-order valence-electron chi connectivity index (χ0n) is 14.8. The van der Waals surface area contributed by atoms with Gasteiger partial charge in [0.05, 0.1) is 0 Å². The Hall–Kier alpha value is -2.03. The Kier molecular flexibility index (Phi) is 7.77. The molecule has 0 radical (unpaired) electrons. The van der Waals surface area contributed by atoms with Crippen molar-refractivity contribution in [3.63, 3.8) is 0 Å². The Bertz CT molecular complexity index is 687. The van der Waals surface area contributed by atoms with E-state index in [1.165, 1.54) is 11.1 Å². The Morgan fingerprint density at radius 1 is 1.12 bits per heavy atom. The summed E-state index contributed by atoms with van der Waals surface area (Å²) in [7, 11) is 0. The minimum absolute atomic E-state index is 0.444. The first-order chi connectivity index (χ1) is 12.1. The molecule has 0 aliphatic heterocycles. The molecule has 25 heavy (non-hydrogen) atoms. The van der Waals surface area contributed by atoms with Crippen LogP contribution in [0.5, 0.6) is 0 Å². The Morgan fingerprint density at radius 2 is 1.76 bits per heavy atom. The molecule has 0 saturated heterocycles. The third-order valence-electron chi connectivity index (χ3n) is 4.28. The van der Waals surface area contributed by atoms with Gasteiger partial charge < -0.3 is 11.1 Å². The summed E-state index contributed by atoms with van der Waals surface area (Å²) in [6.45, 7) is 7.02. The second kappa shape index (κ2) is 10.1. The van der Waals surface area contributed by atoms with Crippen molar-refractivity contribution in [3.05, 3.63) is 89.1 Å². The van der Waals surface area contributed by atoms with Crippen LogP contribution < -0.4 is 11.1 Å². The maximum atomic E-state index is 5.91. The summed E-state index contributed by atoms with van der Waals surface area (Å²) in [5.41, 5.74) is 10.3. The molecule has 0 amide bonds. The highest BCUT2D eigenvalue weighted by Crippen LogP contribution is 2.16. The standard InChI is InChI=1S/C22H27ClN2/c1-3-20(16-24)21-10-6-19(7-11-21)15-17(2)25-14-4-5-18-8-12-22(23)13-9-18/h3,6-13,16-17,25H,1,4-5,14-15,24H2,2H3/b20-16+. The minimum Gasteiger partial charge on any atom is -0.404 e. The van der Waals surface area contributed by atoms with E-state index in [0.29, 0.717) is 6.04 Å². The third-order valence-corrected chi connectivity index (χ3v) is 4.53. The number of rotatable bonds is 9. The van der Waals surface area contributed by atoms with E-state index in [9.17, 15) is 0 Å². The van der Waals surface area contributed by atoms with Gasteiger partial charge in [-0.1, -0.05) is 60.7 Å². The van der Waals surface area contributed by atoms with E-state index >= 15 is 0 Å². The zero-order chi connectivity index (χ0) is 18.1. The summed E-state index contributed by atoms with van der Waals surface area (Å²) in [5.74, 6) is 0. The zero-order valence-corrected chi connectivity index (χ0v) is 15.6. The summed E-state index contributed by atoms with van der Waals surface area (Å²) in [6, 6.07) is 17.1. The van der Waals surface area contributed by atoms with Gasteiger partial charge in [-0.2, -0.15) is 0 Å². The van der Waals surface area contributed by atoms with Crippen molar-refractivity contribution in [2.24, 2.45) is 5.73 Å². The fourth-order valence-electron chi connectivity index (χ4n) is 2.83. The van der Waals surface area contributed by atoms with E-state index in [4.69, 9.17) is 17.3 Å². The predicted octanol–water partition coefficient (Wildman–Crippen LogP) is 4.98. The number of halogens is 1. The number of hydrogen-bond donors (Lipinski definition) is 2. The van der Waals surface area contributed by atoms with Gasteiger partial charge in [-0.05, 0) is 67.1 Å². The largest absolute Gasteiger partial charge is 0.404 e. The van der Waals surface area contributed by atoms with E-state index in [0.717, 1.165) is 42.0 Å². The SMILES string of the molecule is C=C/C(=C\N)c1ccc(CC(C)NCCCc2ccc(Cl)cc2)cc1. The molecule has 0 bridgehead atoms. The molecule has 2 nitrogen and oxygen atoms in total. The summed E-state index contributed by atoms with van der Waals surface area (Å²) >= 11 is 5.91. The Labute approximate surface area is 156 Å². The molecule has 1 unspecified atom stereocenters. The second-order valence-electron chi connectivity index (χ2n) is 6.31. The maximum Gasteiger partial charge on any atom is 0.0406 e. The highest BCUT2D eigenvalue weighted by molar-refractivity contribution is 6.30. The quantitative estimate of drug-likeness (QED) is 0.492. The van der Waals surface area contributed by atoms with Crippen LogP contribution in [0.3, 0.4) is 0 Å². The van der Waals surface area contributed by atoms with E-state index in [1.807, 2.05) is 12.1 Å². The molecule has 2 aromatic rings. The fraction of sp³-hybridized carbons (Fsp3) is 0.273. The van der Waals surface area contributed by atoms with Crippen molar-refractivity contribution in [1.82, 2.24) is 5.32 Å². The van der Waals surface area contributed by atoms with Crippen LogP contribution in [0.1, 0.15) is 30.0 Å². The van der Waals surface area contributed by atoms with Crippen LogP contribution in [-0.2, 0) is 12.8 Å². The molecule has 2 aromatic carbocycles. The minimum atomic E-state index is 0.444. The van der Waals surface area contributed by atoms with Gasteiger partial charge in [-0.3, -0.25) is 0 Å². The number of hydrogen-bond acceptors (Lipinski definition) is 2. The van der Waals surface area contributed by atoms with E-state index in [1.54, 1.807) is 12.3 Å². The van der Waals surface area contributed by atoms with Crippen LogP contribution in [0.2, 0.25) is 5.02 Å². The van der Waals surface area contributed by atoms with Crippen LogP contribution in [0.4, 0.5) is 0 Å². The van der Waals surface area contributed by atoms with Gasteiger partial charge >= 0.3 is 0 Å². The van der Waals surface area contributed by atoms with E-state index in [2.05, 4.69) is 55.2 Å². The third kappa shape index (κ3) is 6.41. The normalized spacial score (nSPS) is 12.8. The lowest BCUT2D eigenvalue weighted by molar-refractivity contribution is 0.534. The Balaban J connectivity index is 1.73. The molecule has 0 fully saturated rings. The van der Waals surface area contributed by atoms with Crippen LogP contribution in [0.25, 0.3) is 5.57 Å². The maximum absolute atomic E-state index is 5.91. The van der Waals surface area contributed by atoms with Crippen molar-refractivity contribution in [3.8, 4) is 0 Å². The van der Waals surface area contributed by atoms with Crippen LogP contribution in [-0.4, -0.2) is 12.6 Å². The Morgan fingerprint density at radius 3 is 2.36 bits per heavy atom.